The zero-order chi connectivity index (χ0) is 21.8. The average Bonchev–Trinajstić information content (AvgIpc) is 3.21. The van der Waals surface area contributed by atoms with Crippen molar-refractivity contribution in [1.82, 2.24) is 0 Å². The lowest BCUT2D eigenvalue weighted by atomic mass is 9.96. The van der Waals surface area contributed by atoms with Gasteiger partial charge in [-0.3, -0.25) is 4.79 Å². The summed E-state index contributed by atoms with van der Waals surface area (Å²) < 4.78 is 11.9. The van der Waals surface area contributed by atoms with E-state index >= 15 is 0 Å². The standard InChI is InChI=1S/C27H25NO3/c1-4-30-26-19(3)27-23(24(17-31-27)20-11-7-5-8-12-20)16-22(26)18(2)15-25(29)28-21-13-9-6-10-14-21/h5-17H,4H2,1-3H3,(H,28,29)/b18-15+. The van der Waals surface area contributed by atoms with Gasteiger partial charge in [-0.2, -0.15) is 0 Å². The number of benzene rings is 3. The molecule has 0 aliphatic heterocycles. The van der Waals surface area contributed by atoms with Crippen LogP contribution in [0.5, 0.6) is 5.75 Å². The summed E-state index contributed by atoms with van der Waals surface area (Å²) >= 11 is 0. The van der Waals surface area contributed by atoms with Gasteiger partial charge in [-0.15, -0.1) is 0 Å². The highest BCUT2D eigenvalue weighted by Crippen LogP contribution is 2.40. The van der Waals surface area contributed by atoms with E-state index in [-0.39, 0.29) is 5.91 Å². The number of rotatable bonds is 6. The molecule has 1 heterocycles. The third-order valence-corrected chi connectivity index (χ3v) is 5.23. The lowest BCUT2D eigenvalue weighted by Gasteiger charge is -2.15. The maximum absolute atomic E-state index is 12.6. The summed E-state index contributed by atoms with van der Waals surface area (Å²) in [5, 5.41) is 3.90. The number of hydrogen-bond acceptors (Lipinski definition) is 3. The van der Waals surface area contributed by atoms with Gasteiger partial charge in [0.1, 0.15) is 11.3 Å². The second kappa shape index (κ2) is 8.92. The smallest absolute Gasteiger partial charge is 0.248 e. The Balaban J connectivity index is 1.79. The molecule has 1 amide bonds. The van der Waals surface area contributed by atoms with Crippen LogP contribution in [0.25, 0.3) is 27.7 Å². The van der Waals surface area contributed by atoms with Crippen LogP contribution in [0, 0.1) is 6.92 Å². The molecule has 0 saturated heterocycles. The van der Waals surface area contributed by atoms with Gasteiger partial charge in [0.15, 0.2) is 0 Å². The van der Waals surface area contributed by atoms with Gasteiger partial charge < -0.3 is 14.5 Å². The molecule has 4 aromatic rings. The van der Waals surface area contributed by atoms with Gasteiger partial charge in [0.2, 0.25) is 5.91 Å². The zero-order valence-corrected chi connectivity index (χ0v) is 17.9. The molecule has 4 heteroatoms. The molecule has 31 heavy (non-hydrogen) atoms. The van der Waals surface area contributed by atoms with E-state index in [0.717, 1.165) is 50.2 Å². The van der Waals surface area contributed by atoms with E-state index in [1.807, 2.05) is 69.3 Å². The molecule has 0 unspecified atom stereocenters. The summed E-state index contributed by atoms with van der Waals surface area (Å²) in [5.41, 5.74) is 6.29. The molecule has 0 atom stereocenters. The predicted molar refractivity (Wildman–Crippen MR) is 126 cm³/mol. The predicted octanol–water partition coefficient (Wildman–Crippen LogP) is 6.85. The van der Waals surface area contributed by atoms with Crippen LogP contribution in [-0.2, 0) is 4.79 Å². The van der Waals surface area contributed by atoms with E-state index in [9.17, 15) is 4.79 Å². The Hall–Kier alpha value is -3.79. The number of furan rings is 1. The molecule has 0 fully saturated rings. The number of hydrogen-bond donors (Lipinski definition) is 1. The summed E-state index contributed by atoms with van der Waals surface area (Å²) in [6.45, 7) is 6.39. The van der Waals surface area contributed by atoms with Crippen LogP contribution < -0.4 is 10.1 Å². The normalized spacial score (nSPS) is 11.5. The molecule has 1 aromatic heterocycles. The van der Waals surface area contributed by atoms with Crippen LogP contribution in [0.3, 0.4) is 0 Å². The Kier molecular flexibility index (Phi) is 5.89. The van der Waals surface area contributed by atoms with Crippen molar-refractivity contribution in [2.24, 2.45) is 0 Å². The fourth-order valence-corrected chi connectivity index (χ4v) is 3.75. The van der Waals surface area contributed by atoms with Crippen LogP contribution in [0.1, 0.15) is 25.0 Å². The minimum absolute atomic E-state index is 0.181. The third-order valence-electron chi connectivity index (χ3n) is 5.23. The van der Waals surface area contributed by atoms with E-state index in [2.05, 4.69) is 23.5 Å². The first-order valence-corrected chi connectivity index (χ1v) is 10.4. The first-order chi connectivity index (χ1) is 15.1. The average molecular weight is 412 g/mol. The topological polar surface area (TPSA) is 51.5 Å². The summed E-state index contributed by atoms with van der Waals surface area (Å²) in [4.78, 5) is 12.6. The van der Waals surface area contributed by atoms with Crippen molar-refractivity contribution in [3.05, 3.63) is 90.2 Å². The molecular formula is C27H25NO3. The number of carbonyl (C=O) groups is 1. The maximum atomic E-state index is 12.6. The number of allylic oxidation sites excluding steroid dienone is 1. The van der Waals surface area contributed by atoms with E-state index in [4.69, 9.17) is 9.15 Å². The second-order valence-electron chi connectivity index (χ2n) is 7.39. The number of amides is 1. The van der Waals surface area contributed by atoms with Crippen LogP contribution in [0.4, 0.5) is 5.69 Å². The van der Waals surface area contributed by atoms with Crippen LogP contribution in [0.15, 0.2) is 83.5 Å². The number of fused-ring (bicyclic) bond motifs is 1. The summed E-state index contributed by atoms with van der Waals surface area (Å²) in [6, 6.07) is 21.6. The quantitative estimate of drug-likeness (QED) is 0.353. The number of ether oxygens (including phenoxy) is 1. The van der Waals surface area contributed by atoms with Crippen molar-refractivity contribution >= 4 is 28.1 Å². The number of nitrogens with one attached hydrogen (secondary N) is 1. The molecule has 4 nitrogen and oxygen atoms in total. The van der Waals surface area contributed by atoms with E-state index in [1.165, 1.54) is 0 Å². The van der Waals surface area contributed by atoms with Crippen molar-refractivity contribution in [3.63, 3.8) is 0 Å². The second-order valence-corrected chi connectivity index (χ2v) is 7.39. The van der Waals surface area contributed by atoms with Gasteiger partial charge >= 0.3 is 0 Å². The Bertz CT molecular complexity index is 1240. The minimum Gasteiger partial charge on any atom is -0.493 e. The molecule has 0 spiro atoms. The van der Waals surface area contributed by atoms with Crippen LogP contribution in [0.2, 0.25) is 0 Å². The van der Waals surface area contributed by atoms with E-state index < -0.39 is 0 Å². The largest absolute Gasteiger partial charge is 0.493 e. The molecule has 1 N–H and O–H groups in total. The van der Waals surface area contributed by atoms with Crippen LogP contribution in [-0.4, -0.2) is 12.5 Å². The number of aryl methyl sites for hydroxylation is 1. The van der Waals surface area contributed by atoms with Gasteiger partial charge in [0, 0.05) is 33.8 Å². The third kappa shape index (κ3) is 4.24. The highest BCUT2D eigenvalue weighted by molar-refractivity contribution is 6.05. The molecule has 0 aliphatic carbocycles. The molecule has 0 radical (unpaired) electrons. The van der Waals surface area contributed by atoms with Gasteiger partial charge in [0.05, 0.1) is 12.9 Å². The summed E-state index contributed by atoms with van der Waals surface area (Å²) in [7, 11) is 0. The van der Waals surface area contributed by atoms with E-state index in [1.54, 1.807) is 12.3 Å². The molecule has 4 rings (SSSR count). The highest BCUT2D eigenvalue weighted by Gasteiger charge is 2.19. The molecule has 3 aromatic carbocycles. The van der Waals surface area contributed by atoms with Gasteiger partial charge in [0.25, 0.3) is 0 Å². The van der Waals surface area contributed by atoms with Crippen molar-refractivity contribution in [1.29, 1.82) is 0 Å². The number of anilines is 1. The molecule has 0 saturated carbocycles. The molecule has 0 bridgehead atoms. The first-order valence-electron chi connectivity index (χ1n) is 10.4. The number of para-hydroxylation sites is 1. The lowest BCUT2D eigenvalue weighted by Crippen LogP contribution is -2.08. The fourth-order valence-electron chi connectivity index (χ4n) is 3.75. The fraction of sp³-hybridized carbons (Fsp3) is 0.148. The summed E-state index contributed by atoms with van der Waals surface area (Å²) in [6.07, 6.45) is 3.39. The molecular weight excluding hydrogens is 386 g/mol. The van der Waals surface area contributed by atoms with E-state index in [0.29, 0.717) is 6.61 Å². The number of carbonyl (C=O) groups excluding carboxylic acids is 1. The van der Waals surface area contributed by atoms with Crippen molar-refractivity contribution in [2.45, 2.75) is 20.8 Å². The van der Waals surface area contributed by atoms with Crippen molar-refractivity contribution in [3.8, 4) is 16.9 Å². The lowest BCUT2D eigenvalue weighted by molar-refractivity contribution is -0.111. The van der Waals surface area contributed by atoms with Gasteiger partial charge in [-0.25, -0.2) is 0 Å². The van der Waals surface area contributed by atoms with Crippen molar-refractivity contribution in [2.75, 3.05) is 11.9 Å². The zero-order valence-electron chi connectivity index (χ0n) is 17.9. The monoisotopic (exact) mass is 411 g/mol. The van der Waals surface area contributed by atoms with Crippen molar-refractivity contribution < 1.29 is 13.9 Å². The van der Waals surface area contributed by atoms with Gasteiger partial charge in [-0.05, 0) is 50.1 Å². The van der Waals surface area contributed by atoms with Gasteiger partial charge in [-0.1, -0.05) is 48.5 Å². The Morgan fingerprint density at radius 1 is 1.06 bits per heavy atom. The Morgan fingerprint density at radius 3 is 2.42 bits per heavy atom. The summed E-state index contributed by atoms with van der Waals surface area (Å²) in [5.74, 6) is 0.560. The first kappa shape index (κ1) is 20.5. The SMILES string of the molecule is CCOc1c(/C(C)=C/C(=O)Nc2ccccc2)cc2c(-c3ccccc3)coc2c1C. The Labute approximate surface area is 182 Å². The minimum atomic E-state index is -0.181. The molecule has 156 valence electrons. The Morgan fingerprint density at radius 2 is 1.74 bits per heavy atom. The molecule has 0 aliphatic rings. The highest BCUT2D eigenvalue weighted by atomic mass is 16.5. The van der Waals surface area contributed by atoms with Crippen LogP contribution >= 0.6 is 0 Å². The maximum Gasteiger partial charge on any atom is 0.248 e.